The number of nitrogens with zero attached hydrogens (tertiary/aromatic N) is 4. The number of amides is 1. The van der Waals surface area contributed by atoms with Crippen molar-refractivity contribution in [1.29, 1.82) is 0 Å². The van der Waals surface area contributed by atoms with Gasteiger partial charge in [0.2, 0.25) is 5.88 Å². The van der Waals surface area contributed by atoms with Crippen LogP contribution in [0.15, 0.2) is 118 Å². The van der Waals surface area contributed by atoms with E-state index in [0.717, 1.165) is 5.52 Å². The summed E-state index contributed by atoms with van der Waals surface area (Å²) in [6.45, 7) is 1.79. The van der Waals surface area contributed by atoms with Crippen molar-refractivity contribution in [3.63, 3.8) is 0 Å². The highest BCUT2D eigenvalue weighted by molar-refractivity contribution is 5.96. The SMILES string of the molecule is O=C(N=Nc1c(O)n(CN(Cc2ccccc2)Cc2ccccc2)c2ccccc12)c1ccco1. The van der Waals surface area contributed by atoms with Gasteiger partial charge in [-0.05, 0) is 29.3 Å². The predicted molar refractivity (Wildman–Crippen MR) is 133 cm³/mol. The maximum atomic E-state index is 12.3. The van der Waals surface area contributed by atoms with Gasteiger partial charge >= 0.3 is 5.91 Å². The first-order chi connectivity index (χ1) is 17.2. The van der Waals surface area contributed by atoms with Crippen LogP contribution in [0.5, 0.6) is 5.88 Å². The maximum absolute atomic E-state index is 12.3. The second kappa shape index (κ2) is 10.2. The molecule has 0 bridgehead atoms. The van der Waals surface area contributed by atoms with Gasteiger partial charge in [-0.1, -0.05) is 78.9 Å². The highest BCUT2D eigenvalue weighted by Crippen LogP contribution is 2.39. The number of hydrogen-bond acceptors (Lipinski definition) is 5. The van der Waals surface area contributed by atoms with Gasteiger partial charge in [0, 0.05) is 18.5 Å². The molecule has 7 heteroatoms. The summed E-state index contributed by atoms with van der Waals surface area (Å²) in [7, 11) is 0. The summed E-state index contributed by atoms with van der Waals surface area (Å²) in [4.78, 5) is 14.5. The second-order valence-electron chi connectivity index (χ2n) is 8.20. The van der Waals surface area contributed by atoms with E-state index in [4.69, 9.17) is 4.42 Å². The molecule has 5 rings (SSSR count). The summed E-state index contributed by atoms with van der Waals surface area (Å²) in [5.74, 6) is -0.566. The van der Waals surface area contributed by atoms with Crippen LogP contribution in [-0.2, 0) is 19.8 Å². The third kappa shape index (κ3) is 5.05. The van der Waals surface area contributed by atoms with Crippen molar-refractivity contribution < 1.29 is 14.3 Å². The first-order valence-electron chi connectivity index (χ1n) is 11.3. The fraction of sp³-hybridized carbons (Fsp3) is 0.107. The molecule has 3 aromatic carbocycles. The number of benzene rings is 3. The Labute approximate surface area is 202 Å². The molecule has 5 aromatic rings. The average molecular weight is 465 g/mol. The molecule has 0 aliphatic rings. The molecule has 174 valence electrons. The summed E-state index contributed by atoms with van der Waals surface area (Å²) in [5, 5.41) is 19.8. The fourth-order valence-electron chi connectivity index (χ4n) is 4.10. The van der Waals surface area contributed by atoms with Crippen LogP contribution in [0.3, 0.4) is 0 Å². The Bertz CT molecular complexity index is 1400. The van der Waals surface area contributed by atoms with Gasteiger partial charge in [0.05, 0.1) is 18.4 Å². The first kappa shape index (κ1) is 22.3. The minimum atomic E-state index is -0.610. The Hall–Kier alpha value is -4.49. The molecule has 0 aliphatic carbocycles. The number of carbonyl (C=O) groups excluding carboxylic acids is 1. The Morgan fingerprint density at radius 2 is 1.46 bits per heavy atom. The van der Waals surface area contributed by atoms with E-state index in [1.54, 1.807) is 10.6 Å². The van der Waals surface area contributed by atoms with Gasteiger partial charge < -0.3 is 9.52 Å². The number of fused-ring (bicyclic) bond motifs is 1. The quantitative estimate of drug-likeness (QED) is 0.265. The van der Waals surface area contributed by atoms with E-state index in [1.165, 1.54) is 23.5 Å². The van der Waals surface area contributed by atoms with Crippen molar-refractivity contribution in [2.24, 2.45) is 10.2 Å². The molecule has 2 aromatic heterocycles. The Morgan fingerprint density at radius 1 is 0.829 bits per heavy atom. The summed E-state index contributed by atoms with van der Waals surface area (Å²) >= 11 is 0. The predicted octanol–water partition coefficient (Wildman–Crippen LogP) is 6.52. The van der Waals surface area contributed by atoms with E-state index in [9.17, 15) is 9.90 Å². The van der Waals surface area contributed by atoms with Crippen molar-refractivity contribution in [2.75, 3.05) is 0 Å². The lowest BCUT2D eigenvalue weighted by Crippen LogP contribution is -2.25. The Kier molecular flexibility index (Phi) is 6.50. The lowest BCUT2D eigenvalue weighted by Gasteiger charge is -2.24. The van der Waals surface area contributed by atoms with Crippen LogP contribution in [0.25, 0.3) is 10.9 Å². The number of para-hydroxylation sites is 1. The van der Waals surface area contributed by atoms with Gasteiger partial charge in [-0.2, -0.15) is 0 Å². The smallest absolute Gasteiger partial charge is 0.331 e. The monoisotopic (exact) mass is 464 g/mol. The second-order valence-corrected chi connectivity index (χ2v) is 8.20. The molecule has 0 radical (unpaired) electrons. The van der Waals surface area contributed by atoms with Gasteiger partial charge in [0.25, 0.3) is 0 Å². The van der Waals surface area contributed by atoms with Crippen LogP contribution in [0.4, 0.5) is 5.69 Å². The van der Waals surface area contributed by atoms with Crippen molar-refractivity contribution >= 4 is 22.5 Å². The van der Waals surface area contributed by atoms with Crippen LogP contribution in [0.1, 0.15) is 21.7 Å². The number of hydrogen-bond donors (Lipinski definition) is 1. The molecular formula is C28H24N4O3. The van der Waals surface area contributed by atoms with Crippen molar-refractivity contribution in [2.45, 2.75) is 19.8 Å². The topological polar surface area (TPSA) is 83.3 Å². The number of aromatic hydroxyl groups is 1. The molecule has 0 unspecified atom stereocenters. The van der Waals surface area contributed by atoms with Gasteiger partial charge in [-0.3, -0.25) is 14.3 Å². The molecule has 0 saturated carbocycles. The van der Waals surface area contributed by atoms with Gasteiger partial charge in [-0.25, -0.2) is 0 Å². The van der Waals surface area contributed by atoms with Crippen molar-refractivity contribution in [3.8, 4) is 5.88 Å². The molecule has 0 saturated heterocycles. The number of rotatable bonds is 8. The summed E-state index contributed by atoms with van der Waals surface area (Å²) in [6.07, 6.45) is 1.40. The van der Waals surface area contributed by atoms with Gasteiger partial charge in [-0.15, -0.1) is 10.2 Å². The standard InChI is InChI=1S/C28H24N4O3/c33-27(25-16-9-17-35-25)30-29-26-23-14-7-8-15-24(23)32(28(26)34)20-31(18-21-10-3-1-4-11-21)19-22-12-5-2-6-13-22/h1-17,34H,18-20H2. The highest BCUT2D eigenvalue weighted by atomic mass is 16.3. The zero-order valence-corrected chi connectivity index (χ0v) is 19.0. The van der Waals surface area contributed by atoms with Crippen LogP contribution in [0, 0.1) is 0 Å². The molecule has 1 N–H and O–H groups in total. The third-order valence-electron chi connectivity index (χ3n) is 5.73. The van der Waals surface area contributed by atoms with Crippen molar-refractivity contribution in [1.82, 2.24) is 9.47 Å². The van der Waals surface area contributed by atoms with E-state index in [-0.39, 0.29) is 17.3 Å². The summed E-state index contributed by atoms with van der Waals surface area (Å²) < 4.78 is 6.89. The number of furan rings is 1. The summed E-state index contributed by atoms with van der Waals surface area (Å²) in [6, 6.07) is 31.1. The first-order valence-corrected chi connectivity index (χ1v) is 11.3. The molecule has 2 heterocycles. The lowest BCUT2D eigenvalue weighted by atomic mass is 10.2. The number of aromatic nitrogens is 1. The zero-order chi connectivity index (χ0) is 24.0. The molecule has 7 nitrogen and oxygen atoms in total. The normalized spacial score (nSPS) is 11.6. The van der Waals surface area contributed by atoms with Gasteiger partial charge in [0.15, 0.2) is 11.4 Å². The average Bonchev–Trinajstić information content (AvgIpc) is 3.52. The van der Waals surface area contributed by atoms with Crippen LogP contribution >= 0.6 is 0 Å². The molecule has 0 aliphatic heterocycles. The fourth-order valence-corrected chi connectivity index (χ4v) is 4.10. The maximum Gasteiger partial charge on any atom is 0.331 e. The Morgan fingerprint density at radius 3 is 2.09 bits per heavy atom. The van der Waals surface area contributed by atoms with Crippen molar-refractivity contribution in [3.05, 3.63) is 120 Å². The van der Waals surface area contributed by atoms with Crippen LogP contribution < -0.4 is 0 Å². The van der Waals surface area contributed by atoms with E-state index < -0.39 is 5.91 Å². The zero-order valence-electron chi connectivity index (χ0n) is 19.0. The molecule has 1 amide bonds. The third-order valence-corrected chi connectivity index (χ3v) is 5.73. The largest absolute Gasteiger partial charge is 0.493 e. The molecule has 35 heavy (non-hydrogen) atoms. The van der Waals surface area contributed by atoms with Gasteiger partial charge in [0.1, 0.15) is 0 Å². The van der Waals surface area contributed by atoms with Crippen LogP contribution in [0.2, 0.25) is 0 Å². The minimum absolute atomic E-state index is 0.0479. The van der Waals surface area contributed by atoms with E-state index in [2.05, 4.69) is 39.4 Å². The molecule has 0 fully saturated rings. The lowest BCUT2D eigenvalue weighted by molar-refractivity contribution is 0.0968. The highest BCUT2D eigenvalue weighted by Gasteiger charge is 2.19. The number of azo groups is 1. The van der Waals surface area contributed by atoms with E-state index in [1.807, 2.05) is 60.7 Å². The van der Waals surface area contributed by atoms with Crippen LogP contribution in [-0.4, -0.2) is 20.5 Å². The molecular weight excluding hydrogens is 440 g/mol. The molecule has 0 spiro atoms. The number of carbonyl (C=O) groups is 1. The Balaban J connectivity index is 1.49. The summed E-state index contributed by atoms with van der Waals surface area (Å²) in [5.41, 5.74) is 3.39. The van der Waals surface area contributed by atoms with E-state index in [0.29, 0.717) is 25.1 Å². The molecule has 0 atom stereocenters. The van der Waals surface area contributed by atoms with E-state index >= 15 is 0 Å². The minimum Gasteiger partial charge on any atom is -0.493 e.